The van der Waals surface area contributed by atoms with Gasteiger partial charge in [0.1, 0.15) is 11.9 Å². The summed E-state index contributed by atoms with van der Waals surface area (Å²) in [6.45, 7) is 3.11. The first kappa shape index (κ1) is 27.7. The van der Waals surface area contributed by atoms with Crippen LogP contribution in [0.15, 0.2) is 36.4 Å². The van der Waals surface area contributed by atoms with E-state index in [1.54, 1.807) is 6.07 Å². The molecule has 0 radical (unpaired) electrons. The molecule has 208 valence electrons. The highest BCUT2D eigenvalue weighted by molar-refractivity contribution is 6.34. The largest absolute Gasteiger partial charge is 0.496 e. The molecule has 3 aliphatic heterocycles. The van der Waals surface area contributed by atoms with Gasteiger partial charge in [0.15, 0.2) is 6.29 Å². The first-order valence-corrected chi connectivity index (χ1v) is 14.4. The minimum Gasteiger partial charge on any atom is -0.496 e. The van der Waals surface area contributed by atoms with E-state index in [1.165, 1.54) is 13.2 Å². The molecule has 1 atom stereocenters. The van der Waals surface area contributed by atoms with E-state index in [0.717, 1.165) is 69.3 Å². The Balaban J connectivity index is 1.20. The van der Waals surface area contributed by atoms with Gasteiger partial charge in [0.05, 0.1) is 28.8 Å². The number of amides is 1. The molecule has 7 nitrogen and oxygen atoms in total. The van der Waals surface area contributed by atoms with Gasteiger partial charge in [-0.1, -0.05) is 48.7 Å². The number of anilines is 1. The lowest BCUT2D eigenvalue weighted by Gasteiger charge is -2.45. The number of piperidine rings is 3. The molecule has 2 aromatic carbocycles. The van der Waals surface area contributed by atoms with E-state index < -0.39 is 5.41 Å². The lowest BCUT2D eigenvalue weighted by atomic mass is 9.77. The molecule has 1 unspecified atom stereocenters. The predicted octanol–water partition coefficient (Wildman–Crippen LogP) is 5.57. The van der Waals surface area contributed by atoms with E-state index in [2.05, 4.69) is 28.4 Å². The highest BCUT2D eigenvalue weighted by atomic mass is 35.5. The number of methoxy groups -OCH3 is 1. The van der Waals surface area contributed by atoms with Crippen molar-refractivity contribution in [3.05, 3.63) is 58.1 Å². The molecular formula is C31H37ClN2O5. The molecule has 1 aliphatic carbocycles. The van der Waals surface area contributed by atoms with E-state index in [1.807, 2.05) is 6.07 Å². The van der Waals surface area contributed by atoms with Crippen molar-refractivity contribution in [1.29, 1.82) is 0 Å². The fourth-order valence-electron chi connectivity index (χ4n) is 6.51. The second kappa shape index (κ2) is 12.1. The number of carbonyl (C=O) groups excluding carboxylic acids is 3. The summed E-state index contributed by atoms with van der Waals surface area (Å²) in [6.07, 6.45) is 8.31. The predicted molar refractivity (Wildman–Crippen MR) is 151 cm³/mol. The Morgan fingerprint density at radius 1 is 1.15 bits per heavy atom. The first-order valence-electron chi connectivity index (χ1n) is 14.1. The molecule has 0 aromatic heterocycles. The lowest BCUT2D eigenvalue weighted by Crippen LogP contribution is -2.53. The summed E-state index contributed by atoms with van der Waals surface area (Å²) in [5, 5.41) is 3.10. The topological polar surface area (TPSA) is 84.9 Å². The minimum absolute atomic E-state index is 0.0160. The van der Waals surface area contributed by atoms with Gasteiger partial charge in [-0.3, -0.25) is 19.3 Å². The maximum Gasteiger partial charge on any atom is 0.316 e. The number of carbonyl (C=O) groups is 3. The number of ether oxygens (including phenoxy) is 2. The zero-order chi connectivity index (χ0) is 27.4. The van der Waals surface area contributed by atoms with Gasteiger partial charge in [0, 0.05) is 19.0 Å². The van der Waals surface area contributed by atoms with Gasteiger partial charge < -0.3 is 14.8 Å². The normalized spacial score (nSPS) is 23.3. The molecule has 3 saturated heterocycles. The number of nitrogens with one attached hydrogen (secondary N) is 1. The Bertz CT molecular complexity index is 1220. The zero-order valence-corrected chi connectivity index (χ0v) is 23.3. The van der Waals surface area contributed by atoms with Crippen LogP contribution in [0.1, 0.15) is 72.9 Å². The molecular weight excluding hydrogens is 516 g/mol. The number of aryl methyl sites for hydroxylation is 1. The fourth-order valence-corrected chi connectivity index (χ4v) is 6.73. The van der Waals surface area contributed by atoms with Crippen LogP contribution in [0.4, 0.5) is 5.69 Å². The van der Waals surface area contributed by atoms with Crippen molar-refractivity contribution in [1.82, 2.24) is 4.90 Å². The van der Waals surface area contributed by atoms with Crippen molar-refractivity contribution in [2.75, 3.05) is 32.1 Å². The average molecular weight is 553 g/mol. The van der Waals surface area contributed by atoms with Crippen LogP contribution in [0.3, 0.4) is 0 Å². The van der Waals surface area contributed by atoms with Crippen LogP contribution < -0.4 is 10.1 Å². The van der Waals surface area contributed by atoms with Crippen LogP contribution in [0.2, 0.25) is 5.02 Å². The van der Waals surface area contributed by atoms with Gasteiger partial charge in [-0.25, -0.2) is 0 Å². The Kier molecular flexibility index (Phi) is 8.57. The Hall–Kier alpha value is -2.90. The average Bonchev–Trinajstić information content (AvgIpc) is 3.46. The van der Waals surface area contributed by atoms with Crippen LogP contribution in [0.5, 0.6) is 5.75 Å². The highest BCUT2D eigenvalue weighted by Crippen LogP contribution is 2.44. The van der Waals surface area contributed by atoms with Crippen molar-refractivity contribution in [2.24, 2.45) is 5.92 Å². The van der Waals surface area contributed by atoms with Crippen LogP contribution in [-0.4, -0.2) is 55.9 Å². The third-order valence-electron chi connectivity index (χ3n) is 8.77. The SMILES string of the molecule is COc1cc(NC(=O)CCCc2cccc(C3(C(=O)OC4CN5CCC4CC5)CCCC3)c2)c(Cl)cc1C=O. The third kappa shape index (κ3) is 5.99. The summed E-state index contributed by atoms with van der Waals surface area (Å²) in [6, 6.07) is 11.3. The van der Waals surface area contributed by atoms with Crippen molar-refractivity contribution in [2.45, 2.75) is 69.3 Å². The van der Waals surface area contributed by atoms with E-state index in [0.29, 0.717) is 48.5 Å². The highest BCUT2D eigenvalue weighted by Gasteiger charge is 2.47. The number of aldehydes is 1. The molecule has 39 heavy (non-hydrogen) atoms. The van der Waals surface area contributed by atoms with Crippen molar-refractivity contribution in [3.8, 4) is 5.75 Å². The van der Waals surface area contributed by atoms with Gasteiger partial charge in [-0.05, 0) is 74.7 Å². The molecule has 1 amide bonds. The summed E-state index contributed by atoms with van der Waals surface area (Å²) in [5.74, 6) is 0.633. The minimum atomic E-state index is -0.567. The molecule has 1 N–H and O–H groups in total. The van der Waals surface area contributed by atoms with Crippen LogP contribution in [0, 0.1) is 5.92 Å². The molecule has 0 spiro atoms. The van der Waals surface area contributed by atoms with Crippen LogP contribution in [0.25, 0.3) is 0 Å². The van der Waals surface area contributed by atoms with Crippen LogP contribution >= 0.6 is 11.6 Å². The van der Waals surface area contributed by atoms with Gasteiger partial charge in [0.25, 0.3) is 0 Å². The maximum atomic E-state index is 13.7. The smallest absolute Gasteiger partial charge is 0.316 e. The van der Waals surface area contributed by atoms with Crippen LogP contribution in [-0.2, 0) is 26.2 Å². The fraction of sp³-hybridized carbons (Fsp3) is 0.516. The van der Waals surface area contributed by atoms with Crippen molar-refractivity contribution in [3.63, 3.8) is 0 Å². The summed E-state index contributed by atoms with van der Waals surface area (Å²) in [4.78, 5) is 39.9. The quantitative estimate of drug-likeness (QED) is 0.306. The summed E-state index contributed by atoms with van der Waals surface area (Å²) in [5.41, 5.74) is 2.33. The molecule has 4 aliphatic rings. The monoisotopic (exact) mass is 552 g/mol. The number of benzene rings is 2. The molecule has 2 bridgehead atoms. The Labute approximate surface area is 235 Å². The number of fused-ring (bicyclic) bond motifs is 3. The molecule has 8 heteroatoms. The molecule has 6 rings (SSSR count). The lowest BCUT2D eigenvalue weighted by molar-refractivity contribution is -0.165. The van der Waals surface area contributed by atoms with Crippen molar-refractivity contribution >= 4 is 35.5 Å². The summed E-state index contributed by atoms with van der Waals surface area (Å²) >= 11 is 6.24. The third-order valence-corrected chi connectivity index (χ3v) is 9.08. The number of hydrogen-bond acceptors (Lipinski definition) is 6. The van der Waals surface area contributed by atoms with Crippen molar-refractivity contribution < 1.29 is 23.9 Å². The number of esters is 1. The standard InChI is InChI=1S/C31H37ClN2O5/c1-38-27-18-26(25(32)17-23(27)20-35)33-29(36)9-5-7-21-6-4-8-24(16-21)31(12-2-3-13-31)30(37)39-28-19-34-14-10-22(28)11-15-34/h4,6,8,16-18,20,22,28H,2-3,5,7,9-15,19H2,1H3,(H,33,36). The summed E-state index contributed by atoms with van der Waals surface area (Å²) < 4.78 is 11.5. The number of nitrogens with zero attached hydrogens (tertiary/aromatic N) is 1. The molecule has 1 saturated carbocycles. The van der Waals surface area contributed by atoms with E-state index in [9.17, 15) is 14.4 Å². The Morgan fingerprint density at radius 2 is 1.92 bits per heavy atom. The molecule has 2 aromatic rings. The van der Waals surface area contributed by atoms with Gasteiger partial charge in [-0.2, -0.15) is 0 Å². The first-order chi connectivity index (χ1) is 18.9. The van der Waals surface area contributed by atoms with E-state index in [-0.39, 0.29) is 23.0 Å². The van der Waals surface area contributed by atoms with E-state index in [4.69, 9.17) is 21.1 Å². The number of rotatable bonds is 10. The van der Waals surface area contributed by atoms with E-state index >= 15 is 0 Å². The Morgan fingerprint density at radius 3 is 2.59 bits per heavy atom. The second-order valence-corrected chi connectivity index (χ2v) is 11.6. The molecule has 3 heterocycles. The molecule has 4 fully saturated rings. The summed E-state index contributed by atoms with van der Waals surface area (Å²) in [7, 11) is 1.46. The maximum absolute atomic E-state index is 13.7. The number of halogens is 1. The van der Waals surface area contributed by atoms with Gasteiger partial charge >= 0.3 is 5.97 Å². The second-order valence-electron chi connectivity index (χ2n) is 11.2. The van der Waals surface area contributed by atoms with Gasteiger partial charge in [0.2, 0.25) is 5.91 Å². The zero-order valence-electron chi connectivity index (χ0n) is 22.5. The van der Waals surface area contributed by atoms with Gasteiger partial charge in [-0.15, -0.1) is 0 Å². The number of hydrogen-bond donors (Lipinski definition) is 1.